The fourth-order valence-corrected chi connectivity index (χ4v) is 3.93. The van der Waals surface area contributed by atoms with Gasteiger partial charge in [0.25, 0.3) is 0 Å². The van der Waals surface area contributed by atoms with Crippen LogP contribution >= 0.6 is 11.6 Å². The summed E-state index contributed by atoms with van der Waals surface area (Å²) in [7, 11) is 1.80. The van der Waals surface area contributed by atoms with Crippen LogP contribution in [0.15, 0.2) is 30.6 Å². The van der Waals surface area contributed by atoms with Crippen LogP contribution in [0.1, 0.15) is 24.4 Å². The molecule has 1 fully saturated rings. The van der Waals surface area contributed by atoms with Gasteiger partial charge in [-0.05, 0) is 31.5 Å². The normalized spacial score (nSPS) is 15.4. The molecule has 1 atom stereocenters. The zero-order valence-electron chi connectivity index (χ0n) is 18.4. The number of hydrogen-bond donors (Lipinski definition) is 3. The Morgan fingerprint density at radius 2 is 1.91 bits per heavy atom. The number of aromatic nitrogens is 4. The average Bonchev–Trinajstić information content (AvgIpc) is 2.80. The highest BCUT2D eigenvalue weighted by molar-refractivity contribution is 6.32. The standard InChI is InChI=1S/C22H27ClN8O/c1-13(31-4-6-32-7-5-31)15-8-17(18-10-20(24)29-14(2)28-18)22(27-11-15)30-16-9-19(25-3)21(23)26-12-16/h8-13,25H,4-7H2,1-3H3,(H,27,30)(H2,24,28,29). The molecule has 1 saturated heterocycles. The summed E-state index contributed by atoms with van der Waals surface area (Å²) in [5.74, 6) is 1.66. The Bertz CT molecular complexity index is 1080. The minimum atomic E-state index is 0.188. The third-order valence-electron chi connectivity index (χ3n) is 5.49. The largest absolute Gasteiger partial charge is 0.386 e. The fraction of sp³-hybridized carbons (Fsp3) is 0.364. The van der Waals surface area contributed by atoms with Gasteiger partial charge >= 0.3 is 0 Å². The molecule has 9 nitrogen and oxygen atoms in total. The summed E-state index contributed by atoms with van der Waals surface area (Å²) in [6.07, 6.45) is 3.56. The van der Waals surface area contributed by atoms with Crippen LogP contribution in [-0.4, -0.2) is 58.2 Å². The van der Waals surface area contributed by atoms with E-state index in [1.165, 1.54) is 0 Å². The van der Waals surface area contributed by atoms with Gasteiger partial charge in [-0.25, -0.2) is 19.9 Å². The Morgan fingerprint density at radius 1 is 1.12 bits per heavy atom. The van der Waals surface area contributed by atoms with Crippen molar-refractivity contribution in [1.82, 2.24) is 24.8 Å². The third-order valence-corrected chi connectivity index (χ3v) is 5.79. The minimum Gasteiger partial charge on any atom is -0.386 e. The number of aryl methyl sites for hydroxylation is 1. The van der Waals surface area contributed by atoms with Gasteiger partial charge in [0.1, 0.15) is 17.5 Å². The van der Waals surface area contributed by atoms with Gasteiger partial charge < -0.3 is 21.1 Å². The number of ether oxygens (including phenoxy) is 1. The zero-order valence-corrected chi connectivity index (χ0v) is 19.1. The van der Waals surface area contributed by atoms with Crippen molar-refractivity contribution in [2.45, 2.75) is 19.9 Å². The van der Waals surface area contributed by atoms with Crippen LogP contribution in [0.5, 0.6) is 0 Å². The number of halogens is 1. The number of nitrogens with two attached hydrogens (primary N) is 1. The van der Waals surface area contributed by atoms with Gasteiger partial charge in [-0.2, -0.15) is 0 Å². The van der Waals surface area contributed by atoms with Gasteiger partial charge in [0.05, 0.1) is 36.5 Å². The molecule has 168 valence electrons. The quantitative estimate of drug-likeness (QED) is 0.480. The molecule has 3 aromatic heterocycles. The van der Waals surface area contributed by atoms with E-state index in [0.717, 1.165) is 48.8 Å². The van der Waals surface area contributed by atoms with Crippen molar-refractivity contribution in [3.05, 3.63) is 47.1 Å². The molecule has 0 bridgehead atoms. The molecule has 0 aliphatic carbocycles. The number of morpholine rings is 1. The lowest BCUT2D eigenvalue weighted by Crippen LogP contribution is -2.38. The van der Waals surface area contributed by atoms with Crippen molar-refractivity contribution in [3.63, 3.8) is 0 Å². The number of nitrogens with zero attached hydrogens (tertiary/aromatic N) is 5. The second kappa shape index (κ2) is 9.64. The second-order valence-electron chi connectivity index (χ2n) is 7.65. The highest BCUT2D eigenvalue weighted by Crippen LogP contribution is 2.33. The van der Waals surface area contributed by atoms with Crippen LogP contribution in [0.4, 0.5) is 23.0 Å². The second-order valence-corrected chi connectivity index (χ2v) is 8.01. The topological polar surface area (TPSA) is 114 Å². The number of anilines is 4. The Labute approximate surface area is 192 Å². The predicted octanol–water partition coefficient (Wildman–Crippen LogP) is 3.66. The molecule has 1 unspecified atom stereocenters. The molecule has 0 amide bonds. The van der Waals surface area contributed by atoms with Crippen LogP contribution in [0, 0.1) is 6.92 Å². The lowest BCUT2D eigenvalue weighted by atomic mass is 10.0. The van der Waals surface area contributed by atoms with Gasteiger partial charge in [0.15, 0.2) is 5.15 Å². The van der Waals surface area contributed by atoms with Gasteiger partial charge in [0.2, 0.25) is 0 Å². The lowest BCUT2D eigenvalue weighted by Gasteiger charge is -2.32. The average molecular weight is 455 g/mol. The summed E-state index contributed by atoms with van der Waals surface area (Å²) in [6.45, 7) is 7.26. The molecule has 0 aromatic carbocycles. The maximum Gasteiger partial charge on any atom is 0.152 e. The molecule has 0 spiro atoms. The van der Waals surface area contributed by atoms with Gasteiger partial charge in [-0.3, -0.25) is 4.90 Å². The monoisotopic (exact) mass is 454 g/mol. The number of rotatable bonds is 6. The SMILES string of the molecule is CNc1cc(Nc2ncc(C(C)N3CCOCC3)cc2-c2cc(N)nc(C)n2)cnc1Cl. The van der Waals surface area contributed by atoms with E-state index >= 15 is 0 Å². The number of hydrogen-bond acceptors (Lipinski definition) is 9. The molecule has 3 aromatic rings. The molecular weight excluding hydrogens is 428 g/mol. The first-order chi connectivity index (χ1) is 15.4. The Hall–Kier alpha value is -3.01. The van der Waals surface area contributed by atoms with Crippen LogP contribution in [0.3, 0.4) is 0 Å². The maximum absolute atomic E-state index is 6.13. The Balaban J connectivity index is 1.75. The van der Waals surface area contributed by atoms with Crippen LogP contribution < -0.4 is 16.4 Å². The Kier molecular flexibility index (Phi) is 6.69. The van der Waals surface area contributed by atoms with E-state index in [2.05, 4.69) is 43.5 Å². The molecule has 10 heteroatoms. The summed E-state index contributed by atoms with van der Waals surface area (Å²) in [5, 5.41) is 6.79. The van der Waals surface area contributed by atoms with E-state index in [1.54, 1.807) is 19.3 Å². The van der Waals surface area contributed by atoms with Gasteiger partial charge in [0, 0.05) is 44.0 Å². The van der Waals surface area contributed by atoms with E-state index in [4.69, 9.17) is 27.1 Å². The predicted molar refractivity (Wildman–Crippen MR) is 127 cm³/mol. The summed E-state index contributed by atoms with van der Waals surface area (Å²) in [4.78, 5) is 20.2. The maximum atomic E-state index is 6.13. The lowest BCUT2D eigenvalue weighted by molar-refractivity contribution is 0.0198. The van der Waals surface area contributed by atoms with E-state index in [9.17, 15) is 0 Å². The van der Waals surface area contributed by atoms with E-state index < -0.39 is 0 Å². The number of nitrogen functional groups attached to an aromatic ring is 1. The molecule has 0 saturated carbocycles. The molecule has 1 aliphatic heterocycles. The molecule has 4 N–H and O–H groups in total. The first kappa shape index (κ1) is 22.2. The van der Waals surface area contributed by atoms with Gasteiger partial charge in [-0.15, -0.1) is 0 Å². The van der Waals surface area contributed by atoms with E-state index in [-0.39, 0.29) is 6.04 Å². The summed E-state index contributed by atoms with van der Waals surface area (Å²) in [5.41, 5.74) is 10.1. The van der Waals surface area contributed by atoms with Gasteiger partial charge in [-0.1, -0.05) is 11.6 Å². The molecule has 4 rings (SSSR count). The van der Waals surface area contributed by atoms with Crippen molar-refractivity contribution in [1.29, 1.82) is 0 Å². The zero-order chi connectivity index (χ0) is 22.7. The molecular formula is C22H27ClN8O. The number of nitrogens with one attached hydrogen (secondary N) is 2. The molecule has 4 heterocycles. The highest BCUT2D eigenvalue weighted by Gasteiger charge is 2.21. The van der Waals surface area contributed by atoms with Crippen LogP contribution in [0.25, 0.3) is 11.3 Å². The van der Waals surface area contributed by atoms with Crippen molar-refractivity contribution in [2.75, 3.05) is 49.7 Å². The van der Waals surface area contributed by atoms with Crippen molar-refractivity contribution in [2.24, 2.45) is 0 Å². The summed E-state index contributed by atoms with van der Waals surface area (Å²) in [6, 6.07) is 5.94. The van der Waals surface area contributed by atoms with E-state index in [0.29, 0.717) is 28.3 Å². The fourth-order valence-electron chi connectivity index (χ4n) is 3.74. The van der Waals surface area contributed by atoms with E-state index in [1.807, 2.05) is 19.2 Å². The number of pyridine rings is 2. The third kappa shape index (κ3) is 4.90. The highest BCUT2D eigenvalue weighted by atomic mass is 35.5. The van der Waals surface area contributed by atoms with Crippen molar-refractivity contribution >= 4 is 34.6 Å². The summed E-state index contributed by atoms with van der Waals surface area (Å²) >= 11 is 6.13. The molecule has 0 radical (unpaired) electrons. The Morgan fingerprint density at radius 3 is 2.62 bits per heavy atom. The summed E-state index contributed by atoms with van der Waals surface area (Å²) < 4.78 is 5.50. The van der Waals surface area contributed by atoms with Crippen LogP contribution in [0.2, 0.25) is 5.15 Å². The van der Waals surface area contributed by atoms with Crippen molar-refractivity contribution in [3.8, 4) is 11.3 Å². The minimum absolute atomic E-state index is 0.188. The van der Waals surface area contributed by atoms with Crippen molar-refractivity contribution < 1.29 is 4.74 Å². The van der Waals surface area contributed by atoms with Crippen LogP contribution in [-0.2, 0) is 4.74 Å². The smallest absolute Gasteiger partial charge is 0.152 e. The molecule has 1 aliphatic rings. The first-order valence-corrected chi connectivity index (χ1v) is 10.9. The first-order valence-electron chi connectivity index (χ1n) is 10.5. The molecule has 32 heavy (non-hydrogen) atoms.